The smallest absolute Gasteiger partial charge is 0.243 e. The van der Waals surface area contributed by atoms with E-state index in [2.05, 4.69) is 22.8 Å². The largest absolute Gasteiger partial charge is 0.376 e. The van der Waals surface area contributed by atoms with Crippen molar-refractivity contribution in [3.05, 3.63) is 53.6 Å². The van der Waals surface area contributed by atoms with Gasteiger partial charge in [0.25, 0.3) is 0 Å². The molecule has 2 atom stereocenters. The van der Waals surface area contributed by atoms with Gasteiger partial charge in [-0.15, -0.1) is 0 Å². The van der Waals surface area contributed by atoms with E-state index in [4.69, 9.17) is 0 Å². The Balaban J connectivity index is 1.82. The van der Waals surface area contributed by atoms with E-state index < -0.39 is 16.1 Å². The minimum atomic E-state index is -3.60. The predicted molar refractivity (Wildman–Crippen MR) is 134 cm³/mol. The Morgan fingerprint density at radius 2 is 1.82 bits per heavy atom. The van der Waals surface area contributed by atoms with E-state index in [1.807, 2.05) is 45.0 Å². The maximum absolute atomic E-state index is 13.1. The summed E-state index contributed by atoms with van der Waals surface area (Å²) in [6.45, 7) is 6.25. The first-order valence-corrected chi connectivity index (χ1v) is 13.1. The molecule has 1 aliphatic carbocycles. The SMILES string of the molecule is CCN(CC)S(=O)(=O)c1ccc(N(C)C)c(NC(C)C(=O)NC2CCCc3ccccc32)c1. The summed E-state index contributed by atoms with van der Waals surface area (Å²) in [5.74, 6) is -0.113. The number of carbonyl (C=O) groups excluding carboxylic acids is 1. The van der Waals surface area contributed by atoms with Gasteiger partial charge in [0.05, 0.1) is 22.3 Å². The molecule has 0 bridgehead atoms. The highest BCUT2D eigenvalue weighted by Crippen LogP contribution is 2.31. The second-order valence-corrected chi connectivity index (χ2v) is 10.6. The summed E-state index contributed by atoms with van der Waals surface area (Å²) in [5, 5.41) is 6.44. The van der Waals surface area contributed by atoms with Crippen molar-refractivity contribution in [2.24, 2.45) is 0 Å². The second-order valence-electron chi connectivity index (χ2n) is 8.68. The molecule has 2 unspecified atom stereocenters. The molecule has 8 heteroatoms. The molecule has 33 heavy (non-hydrogen) atoms. The van der Waals surface area contributed by atoms with Gasteiger partial charge < -0.3 is 15.5 Å². The van der Waals surface area contributed by atoms with Crippen LogP contribution >= 0.6 is 0 Å². The standard InChI is InChI=1S/C25H36N4O3S/c1-6-29(7-2)33(31,32)20-15-16-24(28(4)5)23(17-20)26-18(3)25(30)27-22-14-10-12-19-11-8-9-13-21(19)22/h8-9,11,13,15-18,22,26H,6-7,10,12,14H2,1-5H3,(H,27,30). The normalized spacial score (nSPS) is 16.7. The Kier molecular flexibility index (Phi) is 8.02. The average molecular weight is 473 g/mol. The van der Waals surface area contributed by atoms with Gasteiger partial charge in [0.2, 0.25) is 15.9 Å². The number of nitrogens with zero attached hydrogens (tertiary/aromatic N) is 2. The number of anilines is 2. The van der Waals surface area contributed by atoms with Gasteiger partial charge in [-0.2, -0.15) is 4.31 Å². The molecule has 2 aromatic carbocycles. The quantitative estimate of drug-likeness (QED) is 0.581. The summed E-state index contributed by atoms with van der Waals surface area (Å²) >= 11 is 0. The topological polar surface area (TPSA) is 81.8 Å². The number of amides is 1. The number of carbonyl (C=O) groups is 1. The zero-order valence-corrected chi connectivity index (χ0v) is 21.1. The highest BCUT2D eigenvalue weighted by molar-refractivity contribution is 7.89. The number of benzene rings is 2. The predicted octanol–water partition coefficient (Wildman–Crippen LogP) is 3.78. The lowest BCUT2D eigenvalue weighted by Gasteiger charge is -2.28. The Labute approximate surface area is 198 Å². The van der Waals surface area contributed by atoms with Gasteiger partial charge in [-0.25, -0.2) is 8.42 Å². The van der Waals surface area contributed by atoms with E-state index in [1.54, 1.807) is 25.1 Å². The maximum atomic E-state index is 13.1. The first-order valence-electron chi connectivity index (χ1n) is 11.6. The minimum absolute atomic E-state index is 0.00519. The molecular formula is C25H36N4O3S. The van der Waals surface area contributed by atoms with Gasteiger partial charge in [-0.05, 0) is 55.5 Å². The van der Waals surface area contributed by atoms with E-state index in [1.165, 1.54) is 15.4 Å². The molecule has 1 amide bonds. The summed E-state index contributed by atoms with van der Waals surface area (Å²) in [5.41, 5.74) is 3.90. The highest BCUT2D eigenvalue weighted by atomic mass is 32.2. The number of nitrogens with one attached hydrogen (secondary N) is 2. The van der Waals surface area contributed by atoms with Crippen molar-refractivity contribution in [2.75, 3.05) is 37.4 Å². The van der Waals surface area contributed by atoms with Crippen LogP contribution in [-0.4, -0.2) is 51.9 Å². The molecule has 0 fully saturated rings. The number of hydrogen-bond donors (Lipinski definition) is 2. The molecule has 0 saturated heterocycles. The zero-order valence-electron chi connectivity index (χ0n) is 20.3. The lowest BCUT2D eigenvalue weighted by atomic mass is 9.87. The lowest BCUT2D eigenvalue weighted by Crippen LogP contribution is -2.40. The van der Waals surface area contributed by atoms with Gasteiger partial charge >= 0.3 is 0 Å². The van der Waals surface area contributed by atoms with Crippen molar-refractivity contribution < 1.29 is 13.2 Å². The third-order valence-electron chi connectivity index (χ3n) is 6.24. The van der Waals surface area contributed by atoms with Crippen LogP contribution in [0, 0.1) is 0 Å². The molecular weight excluding hydrogens is 436 g/mol. The second kappa shape index (κ2) is 10.6. The van der Waals surface area contributed by atoms with Crippen LogP contribution in [0.25, 0.3) is 0 Å². The Bertz CT molecular complexity index is 1080. The van der Waals surface area contributed by atoms with Crippen molar-refractivity contribution in [3.63, 3.8) is 0 Å². The molecule has 180 valence electrons. The van der Waals surface area contributed by atoms with E-state index in [9.17, 15) is 13.2 Å². The molecule has 2 aromatic rings. The van der Waals surface area contributed by atoms with Crippen molar-refractivity contribution in [3.8, 4) is 0 Å². The molecule has 0 radical (unpaired) electrons. The number of aryl methyl sites for hydroxylation is 1. The molecule has 2 N–H and O–H groups in total. The Morgan fingerprint density at radius 1 is 1.12 bits per heavy atom. The van der Waals surface area contributed by atoms with Crippen LogP contribution in [0.2, 0.25) is 0 Å². The number of rotatable bonds is 9. The van der Waals surface area contributed by atoms with Crippen LogP contribution in [0.3, 0.4) is 0 Å². The first-order chi connectivity index (χ1) is 15.7. The number of fused-ring (bicyclic) bond motifs is 1. The van der Waals surface area contributed by atoms with Crippen molar-refractivity contribution in [1.29, 1.82) is 0 Å². The Hall–Kier alpha value is -2.58. The van der Waals surface area contributed by atoms with Crippen molar-refractivity contribution in [1.82, 2.24) is 9.62 Å². The van der Waals surface area contributed by atoms with Crippen LogP contribution in [-0.2, 0) is 21.2 Å². The van der Waals surface area contributed by atoms with Gasteiger partial charge in [0, 0.05) is 27.2 Å². The number of hydrogen-bond acceptors (Lipinski definition) is 5. The Morgan fingerprint density at radius 3 is 2.48 bits per heavy atom. The molecule has 0 aliphatic heterocycles. The monoisotopic (exact) mass is 472 g/mol. The molecule has 0 saturated carbocycles. The molecule has 1 aliphatic rings. The lowest BCUT2D eigenvalue weighted by molar-refractivity contribution is -0.122. The molecule has 7 nitrogen and oxygen atoms in total. The summed E-state index contributed by atoms with van der Waals surface area (Å²) in [6.07, 6.45) is 2.99. The summed E-state index contributed by atoms with van der Waals surface area (Å²) in [6, 6.07) is 12.7. The summed E-state index contributed by atoms with van der Waals surface area (Å²) in [4.78, 5) is 15.2. The van der Waals surface area contributed by atoms with Gasteiger partial charge in [-0.3, -0.25) is 4.79 Å². The fourth-order valence-corrected chi connectivity index (χ4v) is 5.88. The van der Waals surface area contributed by atoms with Crippen LogP contribution in [0.1, 0.15) is 50.8 Å². The summed E-state index contributed by atoms with van der Waals surface area (Å²) < 4.78 is 27.5. The minimum Gasteiger partial charge on any atom is -0.376 e. The molecule has 0 aromatic heterocycles. The van der Waals surface area contributed by atoms with Crippen molar-refractivity contribution >= 4 is 27.3 Å². The molecule has 3 rings (SSSR count). The highest BCUT2D eigenvalue weighted by Gasteiger charge is 2.26. The molecule has 0 spiro atoms. The van der Waals surface area contributed by atoms with E-state index in [0.717, 1.165) is 24.9 Å². The van der Waals surface area contributed by atoms with E-state index in [-0.39, 0.29) is 16.8 Å². The van der Waals surface area contributed by atoms with Gasteiger partial charge in [0.15, 0.2) is 0 Å². The zero-order chi connectivity index (χ0) is 24.2. The van der Waals surface area contributed by atoms with Crippen LogP contribution in [0.15, 0.2) is 47.4 Å². The third kappa shape index (κ3) is 5.50. The fraction of sp³-hybridized carbons (Fsp3) is 0.480. The molecule has 0 heterocycles. The van der Waals surface area contributed by atoms with Crippen LogP contribution in [0.5, 0.6) is 0 Å². The van der Waals surface area contributed by atoms with Crippen LogP contribution < -0.4 is 15.5 Å². The average Bonchev–Trinajstić information content (AvgIpc) is 2.79. The fourth-order valence-electron chi connectivity index (χ4n) is 4.39. The first kappa shape index (κ1) is 25.1. The van der Waals surface area contributed by atoms with Crippen LogP contribution in [0.4, 0.5) is 11.4 Å². The maximum Gasteiger partial charge on any atom is 0.243 e. The van der Waals surface area contributed by atoms with Gasteiger partial charge in [-0.1, -0.05) is 38.1 Å². The third-order valence-corrected chi connectivity index (χ3v) is 8.29. The van der Waals surface area contributed by atoms with Crippen molar-refractivity contribution in [2.45, 2.75) is 57.0 Å². The van der Waals surface area contributed by atoms with Gasteiger partial charge in [0.1, 0.15) is 6.04 Å². The van der Waals surface area contributed by atoms with E-state index >= 15 is 0 Å². The van der Waals surface area contributed by atoms with E-state index in [0.29, 0.717) is 18.8 Å². The summed E-state index contributed by atoms with van der Waals surface area (Å²) in [7, 11) is 0.179. The number of sulfonamides is 1.